The first-order valence-electron chi connectivity index (χ1n) is 6.26. The van der Waals surface area contributed by atoms with E-state index in [0.717, 1.165) is 31.5 Å². The van der Waals surface area contributed by atoms with Crippen LogP contribution in [0.25, 0.3) is 0 Å². The molecule has 18 heavy (non-hydrogen) atoms. The Hall–Kier alpha value is -0.840. The molecule has 98 valence electrons. The SMILES string of the molecule is OCC12CCC(CNc3ccnc(Cl)c3)(C1)OC2. The number of anilines is 1. The van der Waals surface area contributed by atoms with Crippen molar-refractivity contribution < 1.29 is 9.84 Å². The molecule has 1 saturated heterocycles. The molecule has 1 saturated carbocycles. The fraction of sp³-hybridized carbons (Fsp3) is 0.615. The Bertz CT molecular complexity index is 444. The zero-order valence-corrected chi connectivity index (χ0v) is 10.9. The molecule has 5 heteroatoms. The summed E-state index contributed by atoms with van der Waals surface area (Å²) in [7, 11) is 0. The van der Waals surface area contributed by atoms with Crippen LogP contribution in [-0.4, -0.2) is 35.5 Å². The number of halogens is 1. The third-order valence-electron chi connectivity index (χ3n) is 4.17. The fourth-order valence-corrected chi connectivity index (χ4v) is 3.24. The van der Waals surface area contributed by atoms with Crippen LogP contribution in [0.3, 0.4) is 0 Å². The molecule has 2 N–H and O–H groups in total. The van der Waals surface area contributed by atoms with Crippen LogP contribution in [-0.2, 0) is 4.74 Å². The molecule has 1 aliphatic carbocycles. The molecule has 2 heterocycles. The highest BCUT2D eigenvalue weighted by Gasteiger charge is 2.55. The number of ether oxygens (including phenoxy) is 1. The highest BCUT2D eigenvalue weighted by molar-refractivity contribution is 6.29. The molecule has 1 aromatic heterocycles. The minimum atomic E-state index is -0.113. The second-order valence-electron chi connectivity index (χ2n) is 5.53. The van der Waals surface area contributed by atoms with E-state index in [9.17, 15) is 5.11 Å². The molecular weight excluding hydrogens is 252 g/mol. The quantitative estimate of drug-likeness (QED) is 0.821. The number of hydrogen-bond donors (Lipinski definition) is 2. The Labute approximate surface area is 111 Å². The van der Waals surface area contributed by atoms with Gasteiger partial charge in [-0.2, -0.15) is 0 Å². The molecule has 0 spiro atoms. The number of aromatic nitrogens is 1. The van der Waals surface area contributed by atoms with Gasteiger partial charge < -0.3 is 15.2 Å². The van der Waals surface area contributed by atoms with Crippen molar-refractivity contribution in [3.05, 3.63) is 23.5 Å². The van der Waals surface area contributed by atoms with E-state index in [0.29, 0.717) is 11.8 Å². The molecule has 3 rings (SSSR count). The molecule has 0 aromatic carbocycles. The molecule has 2 bridgehead atoms. The smallest absolute Gasteiger partial charge is 0.131 e. The first-order chi connectivity index (χ1) is 8.65. The topological polar surface area (TPSA) is 54.4 Å². The summed E-state index contributed by atoms with van der Waals surface area (Å²) in [5, 5.41) is 13.3. The Balaban J connectivity index is 1.65. The van der Waals surface area contributed by atoms with E-state index in [4.69, 9.17) is 16.3 Å². The third-order valence-corrected chi connectivity index (χ3v) is 4.38. The van der Waals surface area contributed by atoms with E-state index in [1.165, 1.54) is 0 Å². The lowest BCUT2D eigenvalue weighted by molar-refractivity contribution is -0.0279. The lowest BCUT2D eigenvalue weighted by Crippen LogP contribution is -2.35. The summed E-state index contributed by atoms with van der Waals surface area (Å²) < 4.78 is 5.91. The van der Waals surface area contributed by atoms with E-state index in [1.807, 2.05) is 6.07 Å². The normalized spacial score (nSPS) is 33.9. The Morgan fingerprint density at radius 1 is 1.50 bits per heavy atom. The van der Waals surface area contributed by atoms with Gasteiger partial charge in [0.15, 0.2) is 0 Å². The molecular formula is C13H17ClN2O2. The summed E-state index contributed by atoms with van der Waals surface area (Å²) in [5.74, 6) is 0. The Morgan fingerprint density at radius 2 is 2.39 bits per heavy atom. The summed E-state index contributed by atoms with van der Waals surface area (Å²) in [6.07, 6.45) is 4.70. The molecule has 1 aliphatic heterocycles. The van der Waals surface area contributed by atoms with Crippen LogP contribution in [0.2, 0.25) is 5.15 Å². The summed E-state index contributed by atoms with van der Waals surface area (Å²) in [6.45, 7) is 1.67. The van der Waals surface area contributed by atoms with Crippen LogP contribution in [0.4, 0.5) is 5.69 Å². The van der Waals surface area contributed by atoms with Crippen molar-refractivity contribution in [1.29, 1.82) is 0 Å². The first kappa shape index (κ1) is 12.2. The van der Waals surface area contributed by atoms with Gasteiger partial charge in [0, 0.05) is 23.8 Å². The van der Waals surface area contributed by atoms with E-state index >= 15 is 0 Å². The monoisotopic (exact) mass is 268 g/mol. The largest absolute Gasteiger partial charge is 0.396 e. The molecule has 4 nitrogen and oxygen atoms in total. The second kappa shape index (κ2) is 4.37. The number of aliphatic hydroxyl groups is 1. The van der Waals surface area contributed by atoms with E-state index in [2.05, 4.69) is 10.3 Å². The molecule has 2 aliphatic rings. The molecule has 0 amide bonds. The zero-order chi connectivity index (χ0) is 12.6. The number of pyridine rings is 1. The number of nitrogens with one attached hydrogen (secondary N) is 1. The van der Waals surface area contributed by atoms with E-state index in [-0.39, 0.29) is 17.6 Å². The maximum absolute atomic E-state index is 9.45. The van der Waals surface area contributed by atoms with Crippen LogP contribution in [0, 0.1) is 5.41 Å². The number of hydrogen-bond acceptors (Lipinski definition) is 4. The van der Waals surface area contributed by atoms with Gasteiger partial charge in [0.05, 0.1) is 18.8 Å². The minimum absolute atomic E-state index is 0.0115. The highest BCUT2D eigenvalue weighted by Crippen LogP contribution is 2.52. The fourth-order valence-electron chi connectivity index (χ4n) is 3.06. The van der Waals surface area contributed by atoms with Crippen LogP contribution in [0.1, 0.15) is 19.3 Å². The number of nitrogens with zero attached hydrogens (tertiary/aromatic N) is 1. The molecule has 1 aromatic rings. The minimum Gasteiger partial charge on any atom is -0.396 e. The third kappa shape index (κ3) is 2.09. The van der Waals surface area contributed by atoms with Crippen molar-refractivity contribution >= 4 is 17.3 Å². The predicted molar refractivity (Wildman–Crippen MR) is 69.8 cm³/mol. The molecule has 2 unspecified atom stereocenters. The van der Waals surface area contributed by atoms with Crippen LogP contribution >= 0.6 is 11.6 Å². The maximum atomic E-state index is 9.45. The second-order valence-corrected chi connectivity index (χ2v) is 5.91. The lowest BCUT2D eigenvalue weighted by atomic mass is 9.89. The number of aliphatic hydroxyl groups excluding tert-OH is 1. The van der Waals surface area contributed by atoms with Crippen molar-refractivity contribution in [3.63, 3.8) is 0 Å². The van der Waals surface area contributed by atoms with Crippen LogP contribution in [0.15, 0.2) is 18.3 Å². The average Bonchev–Trinajstić information content (AvgIpc) is 2.94. The zero-order valence-electron chi connectivity index (χ0n) is 10.2. The van der Waals surface area contributed by atoms with Gasteiger partial charge in [0.1, 0.15) is 5.15 Å². The summed E-state index contributed by atoms with van der Waals surface area (Å²) in [4.78, 5) is 3.95. The van der Waals surface area contributed by atoms with Gasteiger partial charge in [0.2, 0.25) is 0 Å². The summed E-state index contributed by atoms with van der Waals surface area (Å²) in [6, 6.07) is 3.70. The molecule has 2 atom stereocenters. The van der Waals surface area contributed by atoms with Crippen LogP contribution < -0.4 is 5.32 Å². The summed E-state index contributed by atoms with van der Waals surface area (Å²) in [5.41, 5.74) is 0.858. The van der Waals surface area contributed by atoms with Crippen molar-refractivity contribution in [2.24, 2.45) is 5.41 Å². The number of fused-ring (bicyclic) bond motifs is 2. The van der Waals surface area contributed by atoms with Gasteiger partial charge in [-0.1, -0.05) is 11.6 Å². The van der Waals surface area contributed by atoms with Crippen LogP contribution in [0.5, 0.6) is 0 Å². The van der Waals surface area contributed by atoms with Gasteiger partial charge in [0.25, 0.3) is 0 Å². The molecule has 0 radical (unpaired) electrons. The maximum Gasteiger partial charge on any atom is 0.131 e. The van der Waals surface area contributed by atoms with E-state index < -0.39 is 0 Å². The van der Waals surface area contributed by atoms with Gasteiger partial charge >= 0.3 is 0 Å². The van der Waals surface area contributed by atoms with Gasteiger partial charge in [-0.25, -0.2) is 4.98 Å². The van der Waals surface area contributed by atoms with Gasteiger partial charge in [-0.15, -0.1) is 0 Å². The van der Waals surface area contributed by atoms with Gasteiger partial charge in [-0.05, 0) is 31.4 Å². The van der Waals surface area contributed by atoms with Crippen molar-refractivity contribution in [3.8, 4) is 0 Å². The van der Waals surface area contributed by atoms with Crippen molar-refractivity contribution in [2.75, 3.05) is 25.1 Å². The van der Waals surface area contributed by atoms with Gasteiger partial charge in [-0.3, -0.25) is 0 Å². The highest BCUT2D eigenvalue weighted by atomic mass is 35.5. The lowest BCUT2D eigenvalue weighted by Gasteiger charge is -2.28. The van der Waals surface area contributed by atoms with Crippen molar-refractivity contribution in [1.82, 2.24) is 4.98 Å². The predicted octanol–water partition coefficient (Wildman–Crippen LogP) is 2.08. The Morgan fingerprint density at radius 3 is 3.00 bits per heavy atom. The van der Waals surface area contributed by atoms with Crippen molar-refractivity contribution in [2.45, 2.75) is 24.9 Å². The average molecular weight is 269 g/mol. The standard InChI is InChI=1S/C13H17ClN2O2/c14-11-5-10(1-4-15-11)16-7-13-3-2-12(6-13,8-17)9-18-13/h1,4-5,17H,2-3,6-9H2,(H,15,16). The summed E-state index contributed by atoms with van der Waals surface area (Å²) >= 11 is 5.85. The van der Waals surface area contributed by atoms with E-state index in [1.54, 1.807) is 12.3 Å². The molecule has 2 fully saturated rings. The first-order valence-corrected chi connectivity index (χ1v) is 6.64. The Kier molecular flexibility index (Phi) is 2.96. The number of rotatable bonds is 4.